The number of amides is 2. The van der Waals surface area contributed by atoms with Crippen molar-refractivity contribution in [2.75, 3.05) is 9.80 Å². The minimum Gasteiger partial charge on any atom is -0.263 e. The topological polar surface area (TPSA) is 40.6 Å². The first-order chi connectivity index (χ1) is 13.8. The van der Waals surface area contributed by atoms with Gasteiger partial charge in [0.15, 0.2) is 46.5 Å². The zero-order valence-corrected chi connectivity index (χ0v) is 13.4. The van der Waals surface area contributed by atoms with E-state index in [-0.39, 0.29) is 0 Å². The average Bonchev–Trinajstić information content (AvgIpc) is 2.92. The number of rotatable bonds is 2. The molecule has 2 amide bonds. The summed E-state index contributed by atoms with van der Waals surface area (Å²) in [5.74, 6) is -32.3. The smallest absolute Gasteiger partial charge is 0.263 e. The van der Waals surface area contributed by atoms with Crippen LogP contribution in [0.15, 0.2) is 0 Å². The Bertz CT molecular complexity index is 991. The molecular weight excluding hydrogens is 449 g/mol. The molecule has 0 atom stereocenters. The number of benzene rings is 2. The molecule has 0 spiro atoms. The van der Waals surface area contributed by atoms with Crippen LogP contribution in [0.5, 0.6) is 0 Å². The number of hydrogen-bond donors (Lipinski definition) is 0. The molecule has 1 fully saturated rings. The SMILES string of the molecule is O=C1C(=O)N(c2c(F)c(F)c(F)c(F)c2F)C(F)N1c1c(F)c(F)c(F)c(F)c1F. The summed E-state index contributed by atoms with van der Waals surface area (Å²) in [5, 5.41) is 0. The van der Waals surface area contributed by atoms with E-state index in [4.69, 9.17) is 0 Å². The third kappa shape index (κ3) is 2.60. The first kappa shape index (κ1) is 21.3. The van der Waals surface area contributed by atoms with Crippen LogP contribution in [0, 0.1) is 58.2 Å². The number of carbonyl (C=O) groups is 2. The van der Waals surface area contributed by atoms with Gasteiger partial charge in [0, 0.05) is 0 Å². The molecule has 0 N–H and O–H groups in total. The lowest BCUT2D eigenvalue weighted by molar-refractivity contribution is -0.133. The Hall–Kier alpha value is -3.39. The van der Waals surface area contributed by atoms with E-state index in [1.165, 1.54) is 0 Å². The predicted octanol–water partition coefficient (Wildman–Crippen LogP) is 3.71. The largest absolute Gasteiger partial charge is 0.321 e. The second kappa shape index (κ2) is 6.84. The first-order valence-corrected chi connectivity index (χ1v) is 7.18. The zero-order valence-electron chi connectivity index (χ0n) is 13.4. The molecule has 1 saturated heterocycles. The van der Waals surface area contributed by atoms with Gasteiger partial charge in [0.1, 0.15) is 11.4 Å². The fourth-order valence-electron chi connectivity index (χ4n) is 2.54. The summed E-state index contributed by atoms with van der Waals surface area (Å²) in [4.78, 5) is 21.7. The van der Waals surface area contributed by atoms with Crippen LogP contribution in [-0.4, -0.2) is 18.2 Å². The van der Waals surface area contributed by atoms with Crippen LogP contribution in [-0.2, 0) is 9.59 Å². The lowest BCUT2D eigenvalue weighted by Crippen LogP contribution is -2.39. The van der Waals surface area contributed by atoms with Crippen molar-refractivity contribution in [3.05, 3.63) is 58.2 Å². The lowest BCUT2D eigenvalue weighted by atomic mass is 10.2. The highest BCUT2D eigenvalue weighted by molar-refractivity contribution is 6.48. The van der Waals surface area contributed by atoms with Crippen LogP contribution in [0.1, 0.15) is 0 Å². The van der Waals surface area contributed by atoms with E-state index in [1.807, 2.05) is 0 Å². The van der Waals surface area contributed by atoms with Crippen LogP contribution in [0.3, 0.4) is 0 Å². The van der Waals surface area contributed by atoms with E-state index in [0.29, 0.717) is 0 Å². The van der Waals surface area contributed by atoms with Gasteiger partial charge >= 0.3 is 11.8 Å². The van der Waals surface area contributed by atoms with E-state index in [2.05, 4.69) is 0 Å². The third-order valence-electron chi connectivity index (χ3n) is 3.90. The van der Waals surface area contributed by atoms with Gasteiger partial charge in [-0.25, -0.2) is 53.7 Å². The van der Waals surface area contributed by atoms with Crippen LogP contribution in [0.4, 0.5) is 59.7 Å². The van der Waals surface area contributed by atoms with Crippen LogP contribution in [0.2, 0.25) is 0 Å². The summed E-state index contributed by atoms with van der Waals surface area (Å²) < 4.78 is 150. The van der Waals surface area contributed by atoms with Crippen molar-refractivity contribution in [1.82, 2.24) is 0 Å². The Labute approximate surface area is 156 Å². The molecule has 30 heavy (non-hydrogen) atoms. The summed E-state index contributed by atoms with van der Waals surface area (Å²) in [6.45, 7) is 0. The van der Waals surface area contributed by atoms with Gasteiger partial charge in [-0.1, -0.05) is 0 Å². The van der Waals surface area contributed by atoms with Gasteiger partial charge < -0.3 is 0 Å². The van der Waals surface area contributed by atoms with E-state index in [1.54, 1.807) is 0 Å². The lowest BCUT2D eigenvalue weighted by Gasteiger charge is -2.24. The van der Waals surface area contributed by atoms with Crippen LogP contribution < -0.4 is 9.80 Å². The molecule has 0 bridgehead atoms. The fourth-order valence-corrected chi connectivity index (χ4v) is 2.54. The predicted molar refractivity (Wildman–Crippen MR) is 72.3 cm³/mol. The molecular formula is C15HF11N2O2. The molecule has 1 aliphatic rings. The molecule has 1 aliphatic heterocycles. The summed E-state index contributed by atoms with van der Waals surface area (Å²) in [6, 6.07) is 0. The number of halogens is 11. The van der Waals surface area contributed by atoms with Crippen molar-refractivity contribution >= 4 is 23.2 Å². The number of hydrogen-bond acceptors (Lipinski definition) is 2. The van der Waals surface area contributed by atoms with Gasteiger partial charge in [-0.2, -0.15) is 4.39 Å². The van der Waals surface area contributed by atoms with Gasteiger partial charge in [-0.05, 0) is 0 Å². The number of alkyl halides is 1. The molecule has 15 heteroatoms. The monoisotopic (exact) mass is 450 g/mol. The van der Waals surface area contributed by atoms with Crippen molar-refractivity contribution in [3.8, 4) is 0 Å². The maximum absolute atomic E-state index is 14.6. The van der Waals surface area contributed by atoms with Crippen molar-refractivity contribution in [1.29, 1.82) is 0 Å². The summed E-state index contributed by atoms with van der Waals surface area (Å²) in [7, 11) is 0. The molecule has 1 heterocycles. The van der Waals surface area contributed by atoms with E-state index in [9.17, 15) is 57.9 Å². The molecule has 0 saturated carbocycles. The molecule has 2 aromatic carbocycles. The molecule has 3 rings (SSSR count). The van der Waals surface area contributed by atoms with Gasteiger partial charge in [-0.15, -0.1) is 0 Å². The number of anilines is 2. The first-order valence-electron chi connectivity index (χ1n) is 7.18. The Morgan fingerprint density at radius 2 is 0.633 bits per heavy atom. The van der Waals surface area contributed by atoms with E-state index < -0.39 is 97.6 Å². The second-order valence-electron chi connectivity index (χ2n) is 5.50. The molecule has 2 aromatic rings. The Kier molecular flexibility index (Phi) is 4.86. The summed E-state index contributed by atoms with van der Waals surface area (Å²) >= 11 is 0. The van der Waals surface area contributed by atoms with Crippen molar-refractivity contribution in [2.24, 2.45) is 0 Å². The van der Waals surface area contributed by atoms with Crippen LogP contribution >= 0.6 is 0 Å². The van der Waals surface area contributed by atoms with Crippen molar-refractivity contribution in [3.63, 3.8) is 0 Å². The Morgan fingerprint density at radius 3 is 0.867 bits per heavy atom. The average molecular weight is 450 g/mol. The van der Waals surface area contributed by atoms with E-state index >= 15 is 0 Å². The standard InChI is InChI=1S/C15HF11N2O2/c16-1-3(18)7(22)11(8(23)4(1)19)27-13(29)14(30)28(15(27)26)12-9(24)5(20)2(17)6(21)10(12)25/h15H. The highest BCUT2D eigenvalue weighted by Crippen LogP contribution is 2.39. The molecule has 0 unspecified atom stereocenters. The minimum absolute atomic E-state index is 1.03. The van der Waals surface area contributed by atoms with Gasteiger partial charge in [0.2, 0.25) is 11.6 Å². The minimum atomic E-state index is -3.76. The van der Waals surface area contributed by atoms with Crippen molar-refractivity contribution < 1.29 is 57.9 Å². The Morgan fingerprint density at radius 1 is 0.433 bits per heavy atom. The van der Waals surface area contributed by atoms with E-state index in [0.717, 1.165) is 0 Å². The maximum atomic E-state index is 14.6. The number of carbonyl (C=O) groups excluding carboxylic acids is 2. The Balaban J connectivity index is 2.26. The molecule has 160 valence electrons. The molecule has 0 radical (unpaired) electrons. The highest BCUT2D eigenvalue weighted by atomic mass is 19.2. The quantitative estimate of drug-likeness (QED) is 0.230. The third-order valence-corrected chi connectivity index (χ3v) is 3.90. The maximum Gasteiger partial charge on any atom is 0.321 e. The molecule has 0 aromatic heterocycles. The zero-order chi connectivity index (χ0) is 22.8. The van der Waals surface area contributed by atoms with Gasteiger partial charge in [0.25, 0.3) is 6.42 Å². The van der Waals surface area contributed by atoms with Gasteiger partial charge in [-0.3, -0.25) is 9.59 Å². The summed E-state index contributed by atoms with van der Waals surface area (Å²) in [5.41, 5.74) is -4.66. The van der Waals surface area contributed by atoms with Gasteiger partial charge in [0.05, 0.1) is 0 Å². The fraction of sp³-hybridized carbons (Fsp3) is 0.0667. The normalized spacial score (nSPS) is 15.0. The number of nitrogens with zero attached hydrogens (tertiary/aromatic N) is 2. The second-order valence-corrected chi connectivity index (χ2v) is 5.50. The molecule has 4 nitrogen and oxygen atoms in total. The summed E-state index contributed by atoms with van der Waals surface area (Å²) in [6.07, 6.45) is -3.76. The molecule has 0 aliphatic carbocycles. The van der Waals surface area contributed by atoms with Crippen molar-refractivity contribution in [2.45, 2.75) is 6.42 Å². The highest BCUT2D eigenvalue weighted by Gasteiger charge is 2.52. The van der Waals surface area contributed by atoms with Crippen LogP contribution in [0.25, 0.3) is 0 Å².